The van der Waals surface area contributed by atoms with Crippen LogP contribution in [0.25, 0.3) is 10.8 Å². The van der Waals surface area contributed by atoms with Crippen LogP contribution in [0.1, 0.15) is 85.4 Å². The van der Waals surface area contributed by atoms with E-state index in [1.165, 1.54) is 42.4 Å². The molecule has 0 amide bonds. The van der Waals surface area contributed by atoms with Crippen LogP contribution in [0.15, 0.2) is 78.9 Å². The summed E-state index contributed by atoms with van der Waals surface area (Å²) in [7, 11) is 0. The van der Waals surface area contributed by atoms with Gasteiger partial charge in [-0.3, -0.25) is 0 Å². The van der Waals surface area contributed by atoms with E-state index in [4.69, 9.17) is 0 Å². The number of hydrogen-bond acceptors (Lipinski definition) is 0. The van der Waals surface area contributed by atoms with Crippen molar-refractivity contribution in [2.24, 2.45) is 0 Å². The van der Waals surface area contributed by atoms with Crippen molar-refractivity contribution in [3.05, 3.63) is 118 Å². The molecular formula is C36H36. The van der Waals surface area contributed by atoms with Crippen molar-refractivity contribution in [2.45, 2.75) is 65.7 Å². The summed E-state index contributed by atoms with van der Waals surface area (Å²) in [6.07, 6.45) is 8.20. The monoisotopic (exact) mass is 468 g/mol. The maximum Gasteiger partial charge on any atom is 0.0328 e. The SMILES string of the molecule is CCCCc1ccc(C#Cc2ccc(C#Cc3ccc(CCCC)cc3CC)c3ccccc23)cc1. The Labute approximate surface area is 217 Å². The summed E-state index contributed by atoms with van der Waals surface area (Å²) >= 11 is 0. The highest BCUT2D eigenvalue weighted by molar-refractivity contribution is 5.93. The molecule has 36 heavy (non-hydrogen) atoms. The largest absolute Gasteiger partial charge is 0.0654 e. The average molecular weight is 469 g/mol. The number of benzene rings is 4. The van der Waals surface area contributed by atoms with Gasteiger partial charge in [-0.1, -0.05) is 106 Å². The van der Waals surface area contributed by atoms with Crippen LogP contribution in [0.5, 0.6) is 0 Å². The van der Waals surface area contributed by atoms with Crippen molar-refractivity contribution in [1.82, 2.24) is 0 Å². The molecular weight excluding hydrogens is 432 g/mol. The molecule has 0 N–H and O–H groups in total. The first-order valence-electron chi connectivity index (χ1n) is 13.5. The summed E-state index contributed by atoms with van der Waals surface area (Å²) in [6, 6.07) is 28.2. The predicted octanol–water partition coefficient (Wildman–Crippen LogP) is 8.89. The Balaban J connectivity index is 1.62. The number of unbranched alkanes of at least 4 members (excludes halogenated alkanes) is 2. The van der Waals surface area contributed by atoms with E-state index in [1.807, 2.05) is 0 Å². The lowest BCUT2D eigenvalue weighted by atomic mass is 9.97. The summed E-state index contributed by atoms with van der Waals surface area (Å²) < 4.78 is 0. The van der Waals surface area contributed by atoms with Crippen LogP contribution in [0.3, 0.4) is 0 Å². The Hall–Kier alpha value is -3.74. The maximum absolute atomic E-state index is 3.47. The smallest absolute Gasteiger partial charge is 0.0328 e. The first-order chi connectivity index (χ1) is 17.7. The lowest BCUT2D eigenvalue weighted by Crippen LogP contribution is -1.92. The zero-order chi connectivity index (χ0) is 25.2. The number of fused-ring (bicyclic) bond motifs is 1. The van der Waals surface area contributed by atoms with Crippen molar-refractivity contribution < 1.29 is 0 Å². The quantitative estimate of drug-likeness (QED) is 0.238. The van der Waals surface area contributed by atoms with Gasteiger partial charge in [0.15, 0.2) is 0 Å². The van der Waals surface area contributed by atoms with E-state index in [-0.39, 0.29) is 0 Å². The number of aryl methyl sites for hydroxylation is 3. The van der Waals surface area contributed by atoms with E-state index in [1.54, 1.807) is 0 Å². The molecule has 0 spiro atoms. The number of hydrogen-bond donors (Lipinski definition) is 0. The van der Waals surface area contributed by atoms with Gasteiger partial charge in [0.25, 0.3) is 0 Å². The van der Waals surface area contributed by atoms with Gasteiger partial charge < -0.3 is 0 Å². The van der Waals surface area contributed by atoms with Gasteiger partial charge in [-0.25, -0.2) is 0 Å². The highest BCUT2D eigenvalue weighted by Crippen LogP contribution is 2.23. The Kier molecular flexibility index (Phi) is 9.03. The summed E-state index contributed by atoms with van der Waals surface area (Å²) in [5.41, 5.74) is 8.42. The average Bonchev–Trinajstić information content (AvgIpc) is 2.93. The minimum atomic E-state index is 0.999. The second-order valence-electron chi connectivity index (χ2n) is 9.46. The zero-order valence-electron chi connectivity index (χ0n) is 22.0. The van der Waals surface area contributed by atoms with Gasteiger partial charge in [-0.05, 0) is 89.9 Å². The highest BCUT2D eigenvalue weighted by atomic mass is 14.1. The Morgan fingerprint density at radius 1 is 0.528 bits per heavy atom. The van der Waals surface area contributed by atoms with E-state index in [0.717, 1.165) is 52.3 Å². The first-order valence-corrected chi connectivity index (χ1v) is 13.5. The molecule has 0 heteroatoms. The van der Waals surface area contributed by atoms with Crippen LogP contribution in [0.2, 0.25) is 0 Å². The molecule has 0 aromatic heterocycles. The molecule has 0 aliphatic rings. The second-order valence-corrected chi connectivity index (χ2v) is 9.46. The molecule has 0 aliphatic heterocycles. The molecule has 180 valence electrons. The van der Waals surface area contributed by atoms with Crippen LogP contribution < -0.4 is 0 Å². The lowest BCUT2D eigenvalue weighted by molar-refractivity contribution is 0.794. The van der Waals surface area contributed by atoms with Crippen molar-refractivity contribution in [2.75, 3.05) is 0 Å². The Morgan fingerprint density at radius 2 is 1.06 bits per heavy atom. The molecule has 0 saturated carbocycles. The second kappa shape index (κ2) is 12.8. The van der Waals surface area contributed by atoms with Crippen LogP contribution in [0.4, 0.5) is 0 Å². The van der Waals surface area contributed by atoms with E-state index in [2.05, 4.69) is 123 Å². The summed E-state index contributed by atoms with van der Waals surface area (Å²) in [5.74, 6) is 13.7. The van der Waals surface area contributed by atoms with Crippen LogP contribution in [0, 0.1) is 23.7 Å². The lowest BCUT2D eigenvalue weighted by Gasteiger charge is -2.06. The number of rotatable bonds is 7. The minimum Gasteiger partial charge on any atom is -0.0654 e. The fourth-order valence-electron chi connectivity index (χ4n) is 4.52. The topological polar surface area (TPSA) is 0 Å². The van der Waals surface area contributed by atoms with Crippen LogP contribution in [-0.2, 0) is 19.3 Å². The van der Waals surface area contributed by atoms with Crippen LogP contribution in [-0.4, -0.2) is 0 Å². The molecule has 0 radical (unpaired) electrons. The molecule has 0 aliphatic carbocycles. The van der Waals surface area contributed by atoms with Gasteiger partial charge >= 0.3 is 0 Å². The van der Waals surface area contributed by atoms with Crippen molar-refractivity contribution in [3.63, 3.8) is 0 Å². The van der Waals surface area contributed by atoms with Crippen molar-refractivity contribution in [3.8, 4) is 23.7 Å². The molecule has 4 aromatic carbocycles. The van der Waals surface area contributed by atoms with Gasteiger partial charge in [0.1, 0.15) is 0 Å². The first kappa shape index (κ1) is 25.4. The van der Waals surface area contributed by atoms with Gasteiger partial charge in [-0.15, -0.1) is 0 Å². The fraction of sp³-hybridized carbons (Fsp3) is 0.278. The molecule has 0 atom stereocenters. The molecule has 0 heterocycles. The molecule has 0 fully saturated rings. The molecule has 0 bridgehead atoms. The zero-order valence-corrected chi connectivity index (χ0v) is 22.0. The van der Waals surface area contributed by atoms with Gasteiger partial charge in [-0.2, -0.15) is 0 Å². The standard InChI is InChI=1S/C36H36/c1-4-7-11-28-15-17-29(18-16-28)19-22-33-25-26-34(36-14-10-9-13-35(33)36)24-23-32-21-20-30(12-8-5-2)27-31(32)6-3/h9-10,13-18,20-21,25-27H,4-8,11-12H2,1-3H3. The molecule has 0 saturated heterocycles. The fourth-order valence-corrected chi connectivity index (χ4v) is 4.52. The minimum absolute atomic E-state index is 0.999. The molecule has 0 unspecified atom stereocenters. The Morgan fingerprint density at radius 3 is 1.67 bits per heavy atom. The highest BCUT2D eigenvalue weighted by Gasteiger charge is 2.04. The Bertz CT molecular complexity index is 1430. The van der Waals surface area contributed by atoms with Crippen molar-refractivity contribution >= 4 is 10.8 Å². The third kappa shape index (κ3) is 6.47. The van der Waals surface area contributed by atoms with E-state index >= 15 is 0 Å². The summed E-state index contributed by atoms with van der Waals surface area (Å²) in [5, 5.41) is 2.31. The normalized spacial score (nSPS) is 10.4. The van der Waals surface area contributed by atoms with Crippen molar-refractivity contribution in [1.29, 1.82) is 0 Å². The van der Waals surface area contributed by atoms with Gasteiger partial charge in [0.2, 0.25) is 0 Å². The van der Waals surface area contributed by atoms with Crippen LogP contribution >= 0.6 is 0 Å². The molecule has 4 rings (SSSR count). The summed E-state index contributed by atoms with van der Waals surface area (Å²) in [4.78, 5) is 0. The third-order valence-electron chi connectivity index (χ3n) is 6.74. The van der Waals surface area contributed by atoms with Gasteiger partial charge in [0, 0.05) is 22.3 Å². The van der Waals surface area contributed by atoms with Gasteiger partial charge in [0.05, 0.1) is 0 Å². The van der Waals surface area contributed by atoms with E-state index < -0.39 is 0 Å². The predicted molar refractivity (Wildman–Crippen MR) is 155 cm³/mol. The van der Waals surface area contributed by atoms with E-state index in [9.17, 15) is 0 Å². The third-order valence-corrected chi connectivity index (χ3v) is 6.74. The molecule has 0 nitrogen and oxygen atoms in total. The summed E-state index contributed by atoms with van der Waals surface area (Å²) in [6.45, 7) is 6.69. The van der Waals surface area contributed by atoms with E-state index in [0.29, 0.717) is 0 Å². The molecule has 4 aromatic rings. The maximum atomic E-state index is 3.47.